The van der Waals surface area contributed by atoms with Crippen LogP contribution in [0.25, 0.3) is 0 Å². The monoisotopic (exact) mass is 263 g/mol. The van der Waals surface area contributed by atoms with Gasteiger partial charge in [-0.15, -0.1) is 0 Å². The molecule has 1 saturated heterocycles. The Bertz CT molecular complexity index is 468. The Morgan fingerprint density at radius 1 is 1.47 bits per heavy atom. The zero-order valence-electron chi connectivity index (χ0n) is 11.6. The molecule has 3 rings (SSSR count). The van der Waals surface area contributed by atoms with Crippen molar-refractivity contribution in [3.63, 3.8) is 0 Å². The standard InChI is InChI=1S/C15H21NO3/c1-3-18-15(17)16-9-11-5-4-6-12(11)14(16)13-8-7-10(2)19-13/h7-8,11-12,14H,3-6,9H2,1-2H3. The molecule has 2 heterocycles. The van der Waals surface area contributed by atoms with Crippen LogP contribution in [-0.2, 0) is 4.74 Å². The summed E-state index contributed by atoms with van der Waals surface area (Å²) in [6.07, 6.45) is 3.47. The molecule has 4 heteroatoms. The molecule has 3 atom stereocenters. The number of hydrogen-bond donors (Lipinski definition) is 0. The van der Waals surface area contributed by atoms with Crippen molar-refractivity contribution in [3.8, 4) is 0 Å². The van der Waals surface area contributed by atoms with Crippen LogP contribution in [0.15, 0.2) is 16.5 Å². The van der Waals surface area contributed by atoms with Crippen molar-refractivity contribution < 1.29 is 13.9 Å². The number of nitrogens with zero attached hydrogens (tertiary/aromatic N) is 1. The lowest BCUT2D eigenvalue weighted by Gasteiger charge is -2.25. The lowest BCUT2D eigenvalue weighted by molar-refractivity contribution is 0.0925. The molecule has 0 spiro atoms. The summed E-state index contributed by atoms with van der Waals surface area (Å²) in [6, 6.07) is 4.05. The van der Waals surface area contributed by atoms with Crippen molar-refractivity contribution >= 4 is 6.09 Å². The number of aryl methyl sites for hydroxylation is 1. The number of carbonyl (C=O) groups excluding carboxylic acids is 1. The van der Waals surface area contributed by atoms with Gasteiger partial charge in [0.2, 0.25) is 0 Å². The topological polar surface area (TPSA) is 42.7 Å². The minimum Gasteiger partial charge on any atom is -0.464 e. The fourth-order valence-corrected chi connectivity index (χ4v) is 3.68. The van der Waals surface area contributed by atoms with E-state index in [2.05, 4.69) is 0 Å². The van der Waals surface area contributed by atoms with E-state index in [0.29, 0.717) is 18.4 Å². The first-order chi connectivity index (χ1) is 9.20. The molecule has 104 valence electrons. The number of fused-ring (bicyclic) bond motifs is 1. The molecule has 0 aromatic carbocycles. The molecule has 1 amide bonds. The van der Waals surface area contributed by atoms with E-state index in [9.17, 15) is 4.79 Å². The van der Waals surface area contributed by atoms with Gasteiger partial charge < -0.3 is 9.15 Å². The third-order valence-corrected chi connectivity index (χ3v) is 4.45. The van der Waals surface area contributed by atoms with Gasteiger partial charge >= 0.3 is 6.09 Å². The van der Waals surface area contributed by atoms with Crippen LogP contribution in [0.2, 0.25) is 0 Å². The molecular weight excluding hydrogens is 242 g/mol. The van der Waals surface area contributed by atoms with Gasteiger partial charge in [-0.05, 0) is 50.7 Å². The Kier molecular flexibility index (Phi) is 3.25. The number of likely N-dealkylation sites (tertiary alicyclic amines) is 1. The highest BCUT2D eigenvalue weighted by atomic mass is 16.6. The summed E-state index contributed by atoms with van der Waals surface area (Å²) < 4.78 is 11.0. The van der Waals surface area contributed by atoms with Crippen molar-refractivity contribution in [3.05, 3.63) is 23.7 Å². The quantitative estimate of drug-likeness (QED) is 0.820. The normalized spacial score (nSPS) is 29.6. The van der Waals surface area contributed by atoms with Gasteiger partial charge in [-0.25, -0.2) is 4.79 Å². The van der Waals surface area contributed by atoms with Crippen LogP contribution >= 0.6 is 0 Å². The Labute approximate surface area is 113 Å². The minimum absolute atomic E-state index is 0.0697. The van der Waals surface area contributed by atoms with Gasteiger partial charge in [0.25, 0.3) is 0 Å². The van der Waals surface area contributed by atoms with Crippen LogP contribution in [-0.4, -0.2) is 24.1 Å². The largest absolute Gasteiger partial charge is 0.464 e. The summed E-state index contributed by atoms with van der Waals surface area (Å²) in [5.41, 5.74) is 0. The fourth-order valence-electron chi connectivity index (χ4n) is 3.68. The van der Waals surface area contributed by atoms with E-state index in [1.54, 1.807) is 0 Å². The molecule has 1 aromatic rings. The number of amides is 1. The first-order valence-electron chi connectivity index (χ1n) is 7.20. The SMILES string of the molecule is CCOC(=O)N1CC2CCCC2C1c1ccc(C)o1. The molecule has 0 N–H and O–H groups in total. The lowest BCUT2D eigenvalue weighted by Crippen LogP contribution is -2.32. The highest BCUT2D eigenvalue weighted by Gasteiger charge is 2.48. The van der Waals surface area contributed by atoms with E-state index in [4.69, 9.17) is 9.15 Å². The van der Waals surface area contributed by atoms with E-state index in [1.165, 1.54) is 19.3 Å². The molecule has 1 aliphatic carbocycles. The van der Waals surface area contributed by atoms with Gasteiger partial charge in [0.15, 0.2) is 0 Å². The average Bonchev–Trinajstić information content (AvgIpc) is 3.03. The van der Waals surface area contributed by atoms with Crippen molar-refractivity contribution in [2.24, 2.45) is 11.8 Å². The zero-order valence-corrected chi connectivity index (χ0v) is 11.6. The van der Waals surface area contributed by atoms with Crippen LogP contribution in [0.1, 0.15) is 43.7 Å². The second-order valence-electron chi connectivity index (χ2n) is 5.60. The summed E-state index contributed by atoms with van der Waals surface area (Å²) in [6.45, 7) is 5.03. The van der Waals surface area contributed by atoms with Gasteiger partial charge in [0.1, 0.15) is 11.5 Å². The summed E-state index contributed by atoms with van der Waals surface area (Å²) >= 11 is 0. The Hall–Kier alpha value is -1.45. The van der Waals surface area contributed by atoms with E-state index in [0.717, 1.165) is 18.1 Å². The van der Waals surface area contributed by atoms with Crippen LogP contribution in [0.5, 0.6) is 0 Å². The predicted molar refractivity (Wildman–Crippen MR) is 70.7 cm³/mol. The number of carbonyl (C=O) groups is 1. The van der Waals surface area contributed by atoms with E-state index in [1.807, 2.05) is 30.9 Å². The number of furan rings is 1. The summed E-state index contributed by atoms with van der Waals surface area (Å²) in [5.74, 6) is 2.97. The third kappa shape index (κ3) is 2.13. The molecule has 4 nitrogen and oxygen atoms in total. The van der Waals surface area contributed by atoms with Crippen LogP contribution in [0.4, 0.5) is 4.79 Å². The number of hydrogen-bond acceptors (Lipinski definition) is 3. The average molecular weight is 263 g/mol. The first-order valence-corrected chi connectivity index (χ1v) is 7.20. The Balaban J connectivity index is 1.88. The van der Waals surface area contributed by atoms with Crippen LogP contribution in [0, 0.1) is 18.8 Å². The Morgan fingerprint density at radius 2 is 2.32 bits per heavy atom. The smallest absolute Gasteiger partial charge is 0.410 e. The molecule has 2 fully saturated rings. The molecule has 1 aliphatic heterocycles. The van der Waals surface area contributed by atoms with E-state index in [-0.39, 0.29) is 12.1 Å². The zero-order chi connectivity index (χ0) is 13.4. The van der Waals surface area contributed by atoms with Gasteiger partial charge in [-0.1, -0.05) is 6.42 Å². The maximum absolute atomic E-state index is 12.1. The molecule has 1 saturated carbocycles. The van der Waals surface area contributed by atoms with E-state index >= 15 is 0 Å². The van der Waals surface area contributed by atoms with Crippen LogP contribution in [0.3, 0.4) is 0 Å². The molecular formula is C15H21NO3. The minimum atomic E-state index is -0.198. The highest BCUT2D eigenvalue weighted by molar-refractivity contribution is 5.68. The molecule has 1 aromatic heterocycles. The summed E-state index contributed by atoms with van der Waals surface area (Å²) in [7, 11) is 0. The van der Waals surface area contributed by atoms with Crippen molar-refractivity contribution in [1.29, 1.82) is 0 Å². The van der Waals surface area contributed by atoms with Gasteiger partial charge in [0.05, 0.1) is 12.6 Å². The molecule has 2 aliphatic rings. The van der Waals surface area contributed by atoms with Gasteiger partial charge in [-0.2, -0.15) is 0 Å². The second-order valence-corrected chi connectivity index (χ2v) is 5.60. The first kappa shape index (κ1) is 12.6. The second kappa shape index (κ2) is 4.91. The van der Waals surface area contributed by atoms with Crippen LogP contribution < -0.4 is 0 Å². The highest BCUT2D eigenvalue weighted by Crippen LogP contribution is 2.49. The van der Waals surface area contributed by atoms with E-state index < -0.39 is 0 Å². The summed E-state index contributed by atoms with van der Waals surface area (Å²) in [5, 5.41) is 0. The summed E-state index contributed by atoms with van der Waals surface area (Å²) in [4.78, 5) is 14.0. The number of ether oxygens (including phenoxy) is 1. The maximum Gasteiger partial charge on any atom is 0.410 e. The third-order valence-electron chi connectivity index (χ3n) is 4.45. The van der Waals surface area contributed by atoms with Gasteiger partial charge in [-0.3, -0.25) is 4.90 Å². The van der Waals surface area contributed by atoms with Crippen molar-refractivity contribution in [2.45, 2.75) is 39.2 Å². The Morgan fingerprint density at radius 3 is 3.00 bits per heavy atom. The predicted octanol–water partition coefficient (Wildman–Crippen LogP) is 3.52. The number of rotatable bonds is 2. The fraction of sp³-hybridized carbons (Fsp3) is 0.667. The molecule has 0 bridgehead atoms. The molecule has 3 unspecified atom stereocenters. The molecule has 19 heavy (non-hydrogen) atoms. The lowest BCUT2D eigenvalue weighted by atomic mass is 9.93. The molecule has 0 radical (unpaired) electrons. The van der Waals surface area contributed by atoms with Crippen molar-refractivity contribution in [2.75, 3.05) is 13.2 Å². The van der Waals surface area contributed by atoms with Gasteiger partial charge in [0, 0.05) is 6.54 Å². The van der Waals surface area contributed by atoms with Crippen molar-refractivity contribution in [1.82, 2.24) is 4.90 Å². The maximum atomic E-state index is 12.1.